The second kappa shape index (κ2) is 8.24. The van der Waals surface area contributed by atoms with Crippen LogP contribution in [0.15, 0.2) is 48.9 Å². The number of hydrogen-bond acceptors (Lipinski definition) is 4. The molecule has 0 saturated carbocycles. The van der Waals surface area contributed by atoms with Crippen LogP contribution in [0.1, 0.15) is 12.8 Å². The number of halogens is 3. The molecule has 0 radical (unpaired) electrons. The van der Waals surface area contributed by atoms with E-state index in [4.69, 9.17) is 16.3 Å². The quantitative estimate of drug-likeness (QED) is 0.439. The molecular formula is C23H19ClF2N4O. The van der Waals surface area contributed by atoms with Gasteiger partial charge in [-0.25, -0.2) is 8.78 Å². The average molecular weight is 441 g/mol. The summed E-state index contributed by atoms with van der Waals surface area (Å²) < 4.78 is 36.0. The van der Waals surface area contributed by atoms with Crippen molar-refractivity contribution in [2.45, 2.75) is 18.9 Å². The molecule has 0 bridgehead atoms. The Balaban J connectivity index is 1.70. The molecule has 0 unspecified atom stereocenters. The summed E-state index contributed by atoms with van der Waals surface area (Å²) in [4.78, 5) is 11.6. The van der Waals surface area contributed by atoms with Gasteiger partial charge in [-0.1, -0.05) is 11.6 Å². The van der Waals surface area contributed by atoms with Crippen molar-refractivity contribution >= 4 is 22.6 Å². The maximum atomic E-state index is 15.1. The van der Waals surface area contributed by atoms with Gasteiger partial charge in [0.25, 0.3) is 0 Å². The van der Waals surface area contributed by atoms with Gasteiger partial charge >= 0.3 is 0 Å². The highest BCUT2D eigenvalue weighted by Gasteiger charge is 2.25. The van der Waals surface area contributed by atoms with Crippen molar-refractivity contribution in [2.75, 3.05) is 13.2 Å². The summed E-state index contributed by atoms with van der Waals surface area (Å²) in [6.45, 7) is 1.33. The minimum Gasteiger partial charge on any atom is -0.490 e. The fraction of sp³-hybridized carbons (Fsp3) is 0.217. The third-order valence-electron chi connectivity index (χ3n) is 5.47. The number of nitrogens with one attached hydrogen (secondary N) is 2. The van der Waals surface area contributed by atoms with Crippen LogP contribution in [0.2, 0.25) is 5.02 Å². The molecule has 0 aliphatic carbocycles. The first-order valence-corrected chi connectivity index (χ1v) is 10.4. The lowest BCUT2D eigenvalue weighted by atomic mass is 9.99. The van der Waals surface area contributed by atoms with Gasteiger partial charge in [0.2, 0.25) is 0 Å². The number of hydrogen-bond donors (Lipinski definition) is 2. The maximum absolute atomic E-state index is 15.1. The summed E-state index contributed by atoms with van der Waals surface area (Å²) in [5.74, 6) is -0.777. The van der Waals surface area contributed by atoms with Crippen molar-refractivity contribution in [1.82, 2.24) is 20.3 Å². The Morgan fingerprint density at radius 1 is 1.13 bits per heavy atom. The molecule has 1 aliphatic rings. The Labute approximate surface area is 182 Å². The molecule has 5 rings (SSSR count). The van der Waals surface area contributed by atoms with Crippen LogP contribution in [-0.4, -0.2) is 34.1 Å². The summed E-state index contributed by atoms with van der Waals surface area (Å²) in [5.41, 5.74) is 2.35. The number of aromatic amines is 1. The van der Waals surface area contributed by atoms with E-state index in [0.29, 0.717) is 33.9 Å². The fourth-order valence-electron chi connectivity index (χ4n) is 4.02. The van der Waals surface area contributed by atoms with Gasteiger partial charge in [0.15, 0.2) is 5.82 Å². The number of nitrogens with zero attached hydrogens (tertiary/aromatic N) is 2. The lowest BCUT2D eigenvalue weighted by Gasteiger charge is -2.16. The van der Waals surface area contributed by atoms with Gasteiger partial charge in [-0.05, 0) is 49.7 Å². The zero-order valence-electron chi connectivity index (χ0n) is 16.5. The van der Waals surface area contributed by atoms with Crippen LogP contribution in [-0.2, 0) is 0 Å². The normalized spacial score (nSPS) is 16.2. The third-order valence-corrected chi connectivity index (χ3v) is 5.70. The minimum absolute atomic E-state index is 0.181. The van der Waals surface area contributed by atoms with Crippen molar-refractivity contribution in [2.24, 2.45) is 0 Å². The molecule has 5 nitrogen and oxygen atoms in total. The van der Waals surface area contributed by atoms with E-state index < -0.39 is 11.6 Å². The van der Waals surface area contributed by atoms with Gasteiger partial charge in [-0.2, -0.15) is 0 Å². The SMILES string of the molecule is Fc1ccc(Cl)cc1-c1c(-c2c(F)cncc2OC[C@@H]2CCCN2)[nH]c2cccnc12. The van der Waals surface area contributed by atoms with E-state index in [2.05, 4.69) is 20.3 Å². The largest absolute Gasteiger partial charge is 0.490 e. The number of fused-ring (bicyclic) bond motifs is 1. The number of benzene rings is 1. The van der Waals surface area contributed by atoms with Crippen molar-refractivity contribution in [1.29, 1.82) is 0 Å². The van der Waals surface area contributed by atoms with E-state index in [9.17, 15) is 4.39 Å². The molecule has 2 N–H and O–H groups in total. The molecule has 0 spiro atoms. The van der Waals surface area contributed by atoms with Crippen LogP contribution in [0, 0.1) is 11.6 Å². The third kappa shape index (κ3) is 3.75. The highest BCUT2D eigenvalue weighted by atomic mass is 35.5. The standard InChI is InChI=1S/C23H19ClF2N4O/c24-13-5-6-16(25)15(9-13)20-22-18(4-2-8-29-22)30-23(20)21-17(26)10-27-11-19(21)31-12-14-3-1-7-28-14/h2,4-6,8-11,14,28,30H,1,3,7,12H2/t14-/m0/s1. The van der Waals surface area contributed by atoms with E-state index >= 15 is 4.39 Å². The van der Waals surface area contributed by atoms with Crippen LogP contribution >= 0.6 is 11.6 Å². The van der Waals surface area contributed by atoms with Crippen LogP contribution in [0.3, 0.4) is 0 Å². The van der Waals surface area contributed by atoms with Gasteiger partial charge in [-0.3, -0.25) is 9.97 Å². The number of rotatable bonds is 5. The van der Waals surface area contributed by atoms with E-state index in [1.165, 1.54) is 24.4 Å². The van der Waals surface area contributed by atoms with Gasteiger partial charge in [0.1, 0.15) is 18.2 Å². The first-order valence-electron chi connectivity index (χ1n) is 10.0. The number of H-pyrrole nitrogens is 1. The van der Waals surface area contributed by atoms with E-state index in [1.807, 2.05) is 0 Å². The summed E-state index contributed by atoms with van der Waals surface area (Å²) in [7, 11) is 0. The number of ether oxygens (including phenoxy) is 1. The van der Waals surface area contributed by atoms with Crippen LogP contribution < -0.4 is 10.1 Å². The van der Waals surface area contributed by atoms with Crippen molar-refractivity contribution < 1.29 is 13.5 Å². The molecule has 1 saturated heterocycles. The topological polar surface area (TPSA) is 62.8 Å². The van der Waals surface area contributed by atoms with E-state index in [1.54, 1.807) is 18.3 Å². The van der Waals surface area contributed by atoms with Crippen LogP contribution in [0.4, 0.5) is 8.78 Å². The Kier molecular flexibility index (Phi) is 5.29. The predicted molar refractivity (Wildman–Crippen MR) is 116 cm³/mol. The summed E-state index contributed by atoms with van der Waals surface area (Å²) in [5, 5.41) is 3.72. The molecule has 1 aromatic carbocycles. The lowest BCUT2D eigenvalue weighted by Crippen LogP contribution is -2.28. The Hall–Kier alpha value is -3.03. The molecule has 3 aromatic heterocycles. The zero-order chi connectivity index (χ0) is 21.4. The Bertz CT molecular complexity index is 1250. The molecular weight excluding hydrogens is 422 g/mol. The number of aromatic nitrogens is 3. The highest BCUT2D eigenvalue weighted by Crippen LogP contribution is 2.43. The first-order chi connectivity index (χ1) is 15.1. The van der Waals surface area contributed by atoms with Gasteiger partial charge in [-0.15, -0.1) is 0 Å². The molecule has 31 heavy (non-hydrogen) atoms. The molecule has 4 heterocycles. The zero-order valence-corrected chi connectivity index (χ0v) is 17.2. The number of pyridine rings is 2. The summed E-state index contributed by atoms with van der Waals surface area (Å²) in [6, 6.07) is 8.03. The smallest absolute Gasteiger partial charge is 0.154 e. The first kappa shape index (κ1) is 19.9. The van der Waals surface area contributed by atoms with E-state index in [-0.39, 0.29) is 22.9 Å². The van der Waals surface area contributed by atoms with Gasteiger partial charge < -0.3 is 15.0 Å². The molecule has 4 aromatic rings. The van der Waals surface area contributed by atoms with E-state index in [0.717, 1.165) is 25.6 Å². The molecule has 1 atom stereocenters. The molecule has 158 valence electrons. The van der Waals surface area contributed by atoms with Crippen molar-refractivity contribution in [3.63, 3.8) is 0 Å². The minimum atomic E-state index is -0.577. The Morgan fingerprint density at radius 3 is 2.87 bits per heavy atom. The van der Waals surface area contributed by atoms with Crippen LogP contribution in [0.25, 0.3) is 33.4 Å². The average Bonchev–Trinajstić information content (AvgIpc) is 3.41. The summed E-state index contributed by atoms with van der Waals surface area (Å²) >= 11 is 6.16. The molecule has 1 aliphatic heterocycles. The predicted octanol–water partition coefficient (Wildman–Crippen LogP) is 5.35. The lowest BCUT2D eigenvalue weighted by molar-refractivity contribution is 0.276. The maximum Gasteiger partial charge on any atom is 0.154 e. The second-order valence-electron chi connectivity index (χ2n) is 7.50. The molecule has 0 amide bonds. The van der Waals surface area contributed by atoms with Gasteiger partial charge in [0.05, 0.1) is 34.7 Å². The fourth-order valence-corrected chi connectivity index (χ4v) is 4.19. The second-order valence-corrected chi connectivity index (χ2v) is 7.93. The summed E-state index contributed by atoms with van der Waals surface area (Å²) in [6.07, 6.45) is 6.27. The van der Waals surface area contributed by atoms with Crippen molar-refractivity contribution in [3.05, 3.63) is 65.6 Å². The molecule has 1 fully saturated rings. The van der Waals surface area contributed by atoms with Crippen molar-refractivity contribution in [3.8, 4) is 28.1 Å². The Morgan fingerprint density at radius 2 is 2.03 bits per heavy atom. The van der Waals surface area contributed by atoms with Gasteiger partial charge in [0, 0.05) is 28.4 Å². The van der Waals surface area contributed by atoms with Crippen LogP contribution in [0.5, 0.6) is 5.75 Å². The highest BCUT2D eigenvalue weighted by molar-refractivity contribution is 6.31. The monoisotopic (exact) mass is 440 g/mol. The molecule has 8 heteroatoms.